The van der Waals surface area contributed by atoms with Gasteiger partial charge in [0, 0.05) is 30.5 Å². The predicted molar refractivity (Wildman–Crippen MR) is 61.4 cm³/mol. The first kappa shape index (κ1) is 11.6. The van der Waals surface area contributed by atoms with Crippen molar-refractivity contribution in [2.45, 2.75) is 20.3 Å². The molecule has 1 aliphatic rings. The highest BCUT2D eigenvalue weighted by molar-refractivity contribution is 5.99. The van der Waals surface area contributed by atoms with E-state index in [1.807, 2.05) is 32.0 Å². The van der Waals surface area contributed by atoms with Crippen molar-refractivity contribution in [3.63, 3.8) is 0 Å². The van der Waals surface area contributed by atoms with E-state index in [1.54, 1.807) is 0 Å². The van der Waals surface area contributed by atoms with E-state index in [0.717, 1.165) is 16.8 Å². The van der Waals surface area contributed by atoms with Crippen molar-refractivity contribution in [1.82, 2.24) is 0 Å². The van der Waals surface area contributed by atoms with Crippen molar-refractivity contribution in [2.75, 3.05) is 11.4 Å². The molecule has 0 aromatic heterocycles. The molecule has 0 saturated carbocycles. The van der Waals surface area contributed by atoms with Gasteiger partial charge in [0.15, 0.2) is 0 Å². The third-order valence-electron chi connectivity index (χ3n) is 2.98. The lowest BCUT2D eigenvalue weighted by molar-refractivity contribution is -0.310. The number of amides is 1. The first-order chi connectivity index (χ1) is 7.97. The van der Waals surface area contributed by atoms with Crippen molar-refractivity contribution in [2.24, 2.45) is 5.92 Å². The van der Waals surface area contributed by atoms with Gasteiger partial charge in [0.1, 0.15) is 0 Å². The molecule has 0 unspecified atom stereocenters. The third kappa shape index (κ3) is 2.30. The fourth-order valence-electron chi connectivity index (χ4n) is 2.22. The summed E-state index contributed by atoms with van der Waals surface area (Å²) in [5, 5.41) is 10.8. The van der Waals surface area contributed by atoms with Gasteiger partial charge in [-0.05, 0) is 37.1 Å². The van der Waals surface area contributed by atoms with E-state index < -0.39 is 11.9 Å². The van der Waals surface area contributed by atoms with Crippen LogP contribution in [0.5, 0.6) is 0 Å². The van der Waals surface area contributed by atoms with Crippen LogP contribution in [0.15, 0.2) is 18.2 Å². The number of hydrogen-bond donors (Lipinski definition) is 0. The number of rotatable bonds is 2. The molecule has 0 N–H and O–H groups in total. The number of aryl methyl sites for hydroxylation is 2. The van der Waals surface area contributed by atoms with Gasteiger partial charge in [-0.3, -0.25) is 4.79 Å². The van der Waals surface area contributed by atoms with Crippen LogP contribution in [-0.2, 0) is 9.59 Å². The first-order valence-corrected chi connectivity index (χ1v) is 5.57. The van der Waals surface area contributed by atoms with Crippen LogP contribution in [0, 0.1) is 19.8 Å². The molecule has 1 aliphatic heterocycles. The smallest absolute Gasteiger partial charge is 0.227 e. The number of carbonyl (C=O) groups is 2. The molecule has 0 radical (unpaired) electrons. The van der Waals surface area contributed by atoms with E-state index in [9.17, 15) is 14.7 Å². The maximum absolute atomic E-state index is 11.7. The van der Waals surface area contributed by atoms with E-state index in [0.29, 0.717) is 0 Å². The molecule has 90 valence electrons. The van der Waals surface area contributed by atoms with Gasteiger partial charge in [-0.25, -0.2) is 0 Å². The van der Waals surface area contributed by atoms with Crippen LogP contribution in [-0.4, -0.2) is 18.4 Å². The van der Waals surface area contributed by atoms with E-state index in [-0.39, 0.29) is 18.9 Å². The molecule has 17 heavy (non-hydrogen) atoms. The van der Waals surface area contributed by atoms with Crippen molar-refractivity contribution >= 4 is 17.6 Å². The van der Waals surface area contributed by atoms with Gasteiger partial charge in [0.2, 0.25) is 5.91 Å². The van der Waals surface area contributed by atoms with Crippen LogP contribution in [0.3, 0.4) is 0 Å². The number of benzene rings is 1. The number of aliphatic carboxylic acids is 1. The van der Waals surface area contributed by atoms with Crippen molar-refractivity contribution in [3.05, 3.63) is 29.3 Å². The Bertz CT molecular complexity index is 461. The Morgan fingerprint density at radius 3 is 2.35 bits per heavy atom. The molecule has 1 saturated heterocycles. The second-order valence-electron chi connectivity index (χ2n) is 4.57. The molecule has 1 aromatic rings. The maximum Gasteiger partial charge on any atom is 0.227 e. The summed E-state index contributed by atoms with van der Waals surface area (Å²) in [5.41, 5.74) is 2.89. The zero-order valence-corrected chi connectivity index (χ0v) is 9.90. The Morgan fingerprint density at radius 1 is 1.29 bits per heavy atom. The van der Waals surface area contributed by atoms with Gasteiger partial charge in [0.05, 0.1) is 0 Å². The predicted octanol–water partition coefficient (Wildman–Crippen LogP) is 0.406. The lowest BCUT2D eigenvalue weighted by atomic mass is 10.1. The van der Waals surface area contributed by atoms with Crippen LogP contribution in [0.1, 0.15) is 17.5 Å². The fraction of sp³-hybridized carbons (Fsp3) is 0.385. The summed E-state index contributed by atoms with van der Waals surface area (Å²) in [7, 11) is 0. The lowest BCUT2D eigenvalue weighted by Gasteiger charge is -2.18. The maximum atomic E-state index is 11.7. The number of anilines is 1. The van der Waals surface area contributed by atoms with Crippen LogP contribution < -0.4 is 10.0 Å². The summed E-state index contributed by atoms with van der Waals surface area (Å²) in [6, 6.07) is 5.80. The molecule has 1 fully saturated rings. The Hall–Kier alpha value is -1.84. The molecular weight excluding hydrogens is 218 g/mol. The number of carboxylic acid groups (broad SMARTS) is 1. The fourth-order valence-corrected chi connectivity index (χ4v) is 2.22. The molecule has 0 spiro atoms. The standard InChI is InChI=1S/C13H15NO3/c1-8-3-9(2)5-11(4-8)14-7-10(13(16)17)6-12(14)15/h3-5,10H,6-7H2,1-2H3,(H,16,17)/p-1/t10-/m1/s1. The minimum Gasteiger partial charge on any atom is -0.550 e. The van der Waals surface area contributed by atoms with E-state index in [2.05, 4.69) is 0 Å². The molecule has 4 heteroatoms. The van der Waals surface area contributed by atoms with Gasteiger partial charge in [0.25, 0.3) is 0 Å². The Labute approximate surface area is 99.9 Å². The topological polar surface area (TPSA) is 60.4 Å². The Kier molecular flexibility index (Phi) is 2.88. The highest BCUT2D eigenvalue weighted by atomic mass is 16.4. The summed E-state index contributed by atoms with van der Waals surface area (Å²) in [4.78, 5) is 24.0. The normalized spacial score (nSPS) is 19.8. The number of nitrogens with zero attached hydrogens (tertiary/aromatic N) is 1. The molecule has 4 nitrogen and oxygen atoms in total. The van der Waals surface area contributed by atoms with Crippen molar-refractivity contribution in [3.8, 4) is 0 Å². The lowest BCUT2D eigenvalue weighted by Crippen LogP contribution is -2.33. The van der Waals surface area contributed by atoms with Gasteiger partial charge in [-0.1, -0.05) is 6.07 Å². The molecule has 2 rings (SSSR count). The van der Waals surface area contributed by atoms with Crippen LogP contribution in [0.4, 0.5) is 5.69 Å². The van der Waals surface area contributed by atoms with Gasteiger partial charge in [-0.15, -0.1) is 0 Å². The summed E-state index contributed by atoms with van der Waals surface area (Å²) >= 11 is 0. The number of hydrogen-bond acceptors (Lipinski definition) is 3. The highest BCUT2D eigenvalue weighted by Crippen LogP contribution is 2.26. The Balaban J connectivity index is 2.28. The second kappa shape index (κ2) is 4.20. The summed E-state index contributed by atoms with van der Waals surface area (Å²) in [5.74, 6) is -1.99. The van der Waals surface area contributed by atoms with Crippen LogP contribution >= 0.6 is 0 Å². The quantitative estimate of drug-likeness (QED) is 0.741. The van der Waals surface area contributed by atoms with Gasteiger partial charge in [-0.2, -0.15) is 0 Å². The Morgan fingerprint density at radius 2 is 1.88 bits per heavy atom. The van der Waals surface area contributed by atoms with E-state index in [1.165, 1.54) is 4.90 Å². The van der Waals surface area contributed by atoms with Crippen LogP contribution in [0.2, 0.25) is 0 Å². The molecule has 0 bridgehead atoms. The summed E-state index contributed by atoms with van der Waals surface area (Å²) in [6.45, 7) is 4.12. The number of carbonyl (C=O) groups excluding carboxylic acids is 2. The zero-order valence-electron chi connectivity index (χ0n) is 9.90. The molecule has 1 aromatic carbocycles. The SMILES string of the molecule is Cc1cc(C)cc(N2C[C@H](C(=O)[O-])CC2=O)c1. The third-order valence-corrected chi connectivity index (χ3v) is 2.98. The molecule has 1 atom stereocenters. The van der Waals surface area contributed by atoms with Gasteiger partial charge >= 0.3 is 0 Å². The highest BCUT2D eigenvalue weighted by Gasteiger charge is 2.31. The zero-order chi connectivity index (χ0) is 12.6. The van der Waals surface area contributed by atoms with E-state index in [4.69, 9.17) is 0 Å². The monoisotopic (exact) mass is 232 g/mol. The average molecular weight is 232 g/mol. The molecule has 0 aliphatic carbocycles. The number of carboxylic acids is 1. The van der Waals surface area contributed by atoms with E-state index >= 15 is 0 Å². The molecular formula is C13H14NO3-. The largest absolute Gasteiger partial charge is 0.550 e. The summed E-state index contributed by atoms with van der Waals surface area (Å²) < 4.78 is 0. The second-order valence-corrected chi connectivity index (χ2v) is 4.57. The van der Waals surface area contributed by atoms with Crippen LogP contribution in [0.25, 0.3) is 0 Å². The first-order valence-electron chi connectivity index (χ1n) is 5.57. The molecule has 1 heterocycles. The van der Waals surface area contributed by atoms with Crippen molar-refractivity contribution in [1.29, 1.82) is 0 Å². The van der Waals surface area contributed by atoms with Gasteiger partial charge < -0.3 is 14.8 Å². The molecule has 1 amide bonds. The summed E-state index contributed by atoms with van der Waals surface area (Å²) in [6.07, 6.45) is 0.0370. The average Bonchev–Trinajstić information content (AvgIpc) is 2.59. The minimum absolute atomic E-state index is 0.0370. The van der Waals surface area contributed by atoms with Crippen molar-refractivity contribution < 1.29 is 14.7 Å². The minimum atomic E-state index is -1.15.